The van der Waals surface area contributed by atoms with Crippen LogP contribution >= 0.6 is 0 Å². The van der Waals surface area contributed by atoms with E-state index in [2.05, 4.69) is 25.6 Å². The molecule has 5 rings (SSSR count). The van der Waals surface area contributed by atoms with Crippen LogP contribution < -0.4 is 32.7 Å². The first kappa shape index (κ1) is 21.3. The van der Waals surface area contributed by atoms with Crippen molar-refractivity contribution in [2.75, 3.05) is 41.7 Å². The molecule has 33 heavy (non-hydrogen) atoms. The van der Waals surface area contributed by atoms with Gasteiger partial charge in [0.2, 0.25) is 17.8 Å². The lowest BCUT2D eigenvalue weighted by Crippen LogP contribution is -2.52. The van der Waals surface area contributed by atoms with E-state index in [1.807, 2.05) is 47.4 Å². The van der Waals surface area contributed by atoms with Gasteiger partial charge in [-0.1, -0.05) is 24.3 Å². The van der Waals surface area contributed by atoms with E-state index in [0.29, 0.717) is 49.6 Å². The first-order valence-electron chi connectivity index (χ1n) is 11.0. The van der Waals surface area contributed by atoms with Gasteiger partial charge < -0.3 is 32.7 Å². The molecule has 1 aromatic heterocycles. The van der Waals surface area contributed by atoms with Crippen LogP contribution in [0.2, 0.25) is 0 Å². The van der Waals surface area contributed by atoms with E-state index >= 15 is 0 Å². The van der Waals surface area contributed by atoms with Gasteiger partial charge >= 0.3 is 0 Å². The van der Waals surface area contributed by atoms with Gasteiger partial charge in [-0.2, -0.15) is 15.0 Å². The highest BCUT2D eigenvalue weighted by molar-refractivity contribution is 6.22. The van der Waals surface area contributed by atoms with Crippen LogP contribution in [0.5, 0.6) is 0 Å². The number of hydrogen-bond acceptors (Lipinski definition) is 10. The van der Waals surface area contributed by atoms with Gasteiger partial charge in [0.25, 0.3) is 0 Å². The van der Waals surface area contributed by atoms with E-state index in [1.165, 1.54) is 0 Å². The molecule has 10 nitrogen and oxygen atoms in total. The second kappa shape index (κ2) is 8.74. The van der Waals surface area contributed by atoms with E-state index in [9.17, 15) is 4.79 Å². The Labute approximate surface area is 191 Å². The summed E-state index contributed by atoms with van der Waals surface area (Å²) < 4.78 is 0. The fraction of sp³-hybridized carbons (Fsp3) is 0.304. The number of nitrogens with one attached hydrogen (secondary N) is 2. The van der Waals surface area contributed by atoms with Crippen molar-refractivity contribution in [1.82, 2.24) is 15.0 Å². The quantitative estimate of drug-likeness (QED) is 0.290. The summed E-state index contributed by atoms with van der Waals surface area (Å²) in [5.41, 5.74) is 22.0. The van der Waals surface area contributed by atoms with Crippen molar-refractivity contribution in [3.05, 3.63) is 53.6 Å². The second-order valence-electron chi connectivity index (χ2n) is 8.42. The average Bonchev–Trinajstić information content (AvgIpc) is 3.09. The zero-order chi connectivity index (χ0) is 22.9. The normalized spacial score (nSPS) is 19.2. The highest BCUT2D eigenvalue weighted by Crippen LogP contribution is 2.38. The zero-order valence-corrected chi connectivity index (χ0v) is 18.2. The maximum Gasteiger partial charge on any atom is 0.233 e. The Morgan fingerprint density at radius 1 is 0.909 bits per heavy atom. The number of nitrogens with two attached hydrogens (primary N) is 3. The molecule has 0 spiro atoms. The van der Waals surface area contributed by atoms with Crippen LogP contribution in [0.1, 0.15) is 22.3 Å². The predicted molar refractivity (Wildman–Crippen MR) is 129 cm³/mol. The Kier molecular flexibility index (Phi) is 5.63. The Morgan fingerprint density at radius 3 is 2.36 bits per heavy atom. The lowest BCUT2D eigenvalue weighted by molar-refractivity contribution is 0.104. The molecule has 170 valence electrons. The van der Waals surface area contributed by atoms with Crippen molar-refractivity contribution in [1.29, 1.82) is 0 Å². The highest BCUT2D eigenvalue weighted by Gasteiger charge is 2.27. The first-order chi connectivity index (χ1) is 16.0. The van der Waals surface area contributed by atoms with E-state index in [4.69, 9.17) is 17.2 Å². The number of nitrogens with zero attached hydrogens (tertiary/aromatic N) is 4. The number of benzene rings is 2. The molecule has 1 aliphatic carbocycles. The molecule has 0 saturated carbocycles. The smallest absolute Gasteiger partial charge is 0.233 e. The molecule has 3 aromatic rings. The van der Waals surface area contributed by atoms with E-state index in [0.717, 1.165) is 28.8 Å². The summed E-state index contributed by atoms with van der Waals surface area (Å²) >= 11 is 0. The third kappa shape index (κ3) is 4.23. The maximum atomic E-state index is 12.7. The zero-order valence-electron chi connectivity index (χ0n) is 18.2. The Morgan fingerprint density at radius 2 is 1.61 bits per heavy atom. The van der Waals surface area contributed by atoms with Gasteiger partial charge in [-0.3, -0.25) is 4.79 Å². The summed E-state index contributed by atoms with van der Waals surface area (Å²) in [5, 5.41) is 6.39. The molecule has 2 heterocycles. The van der Waals surface area contributed by atoms with Crippen LogP contribution in [0.4, 0.5) is 23.5 Å². The number of fused-ring (bicyclic) bond motifs is 3. The molecule has 2 atom stereocenters. The molecule has 0 unspecified atom stereocenters. The fourth-order valence-electron chi connectivity index (χ4n) is 4.40. The monoisotopic (exact) mass is 445 g/mol. The third-order valence-corrected chi connectivity index (χ3v) is 5.83. The van der Waals surface area contributed by atoms with Crippen LogP contribution in [0.25, 0.3) is 11.1 Å². The molecule has 10 heteroatoms. The number of rotatable bonds is 6. The fourth-order valence-corrected chi connectivity index (χ4v) is 4.40. The van der Waals surface area contributed by atoms with Crippen molar-refractivity contribution in [2.24, 2.45) is 17.2 Å². The largest absolute Gasteiger partial charge is 0.353 e. The summed E-state index contributed by atoms with van der Waals surface area (Å²) in [6.45, 7) is 2.21. The number of hydrogen-bond donors (Lipinski definition) is 5. The lowest BCUT2D eigenvalue weighted by Gasteiger charge is -2.34. The lowest BCUT2D eigenvalue weighted by atomic mass is 10.0. The summed E-state index contributed by atoms with van der Waals surface area (Å²) in [5.74, 6) is 1.34. The van der Waals surface area contributed by atoms with Gasteiger partial charge in [0, 0.05) is 55.1 Å². The van der Waals surface area contributed by atoms with E-state index in [-0.39, 0.29) is 17.9 Å². The van der Waals surface area contributed by atoms with Gasteiger partial charge in [-0.05, 0) is 35.7 Å². The van der Waals surface area contributed by atoms with Crippen LogP contribution in [0.3, 0.4) is 0 Å². The van der Waals surface area contributed by atoms with E-state index in [1.54, 1.807) is 0 Å². The van der Waals surface area contributed by atoms with E-state index < -0.39 is 0 Å². The van der Waals surface area contributed by atoms with Gasteiger partial charge in [0.05, 0.1) is 0 Å². The predicted octanol–water partition coefficient (Wildman–Crippen LogP) is 1.06. The maximum absolute atomic E-state index is 12.7. The van der Waals surface area contributed by atoms with Crippen LogP contribution in [-0.2, 0) is 0 Å². The number of anilines is 4. The summed E-state index contributed by atoms with van der Waals surface area (Å²) in [6.07, 6.45) is 0.764. The number of ketones is 1. The number of aromatic nitrogens is 3. The minimum atomic E-state index is -0.0447. The van der Waals surface area contributed by atoms with Gasteiger partial charge in [0.1, 0.15) is 0 Å². The Hall–Kier alpha value is -3.60. The summed E-state index contributed by atoms with van der Waals surface area (Å²) in [6, 6.07) is 13.2. The van der Waals surface area contributed by atoms with Crippen molar-refractivity contribution in [3.63, 3.8) is 0 Å². The number of carbonyl (C=O) groups is 1. The minimum absolute atomic E-state index is 0.0423. The molecule has 8 N–H and O–H groups in total. The topological polar surface area (TPSA) is 161 Å². The molecule has 0 bridgehead atoms. The SMILES string of the molecule is NCCNc1nc(Nc2ccc3c(c2)-c2ccccc2C3=O)nc(N2C[C@H](N)C[C@H](N)C2)n1. The van der Waals surface area contributed by atoms with Crippen molar-refractivity contribution in [2.45, 2.75) is 18.5 Å². The van der Waals surface area contributed by atoms with Gasteiger partial charge in [-0.15, -0.1) is 0 Å². The van der Waals surface area contributed by atoms with Gasteiger partial charge in [-0.25, -0.2) is 0 Å². The Balaban J connectivity index is 1.47. The number of carbonyl (C=O) groups excluding carboxylic acids is 1. The molecule has 2 aromatic carbocycles. The molecule has 2 aliphatic rings. The molecule has 1 fully saturated rings. The van der Waals surface area contributed by atoms with Crippen molar-refractivity contribution < 1.29 is 4.79 Å². The molecule has 1 aliphatic heterocycles. The first-order valence-corrected chi connectivity index (χ1v) is 11.0. The standard InChI is InChI=1S/C23H27N9O/c24-7-8-27-21-29-22(31-23(30-21)32-11-13(25)9-14(26)12-32)28-15-5-6-18-19(10-15)16-3-1-2-4-17(16)20(18)33/h1-6,10,13-14H,7-9,11-12,24-26H2,(H2,27,28,29,30,31)/t13-,14+. The molecular formula is C23H27N9O. The van der Waals surface area contributed by atoms with Crippen LogP contribution in [-0.4, -0.2) is 59.0 Å². The van der Waals surface area contributed by atoms with Crippen LogP contribution in [0, 0.1) is 0 Å². The molecule has 0 radical (unpaired) electrons. The van der Waals surface area contributed by atoms with Gasteiger partial charge in [0.15, 0.2) is 5.78 Å². The average molecular weight is 446 g/mol. The third-order valence-electron chi connectivity index (χ3n) is 5.83. The molecule has 0 amide bonds. The molecule has 1 saturated heterocycles. The minimum Gasteiger partial charge on any atom is -0.353 e. The van der Waals surface area contributed by atoms with Crippen LogP contribution in [0.15, 0.2) is 42.5 Å². The van der Waals surface area contributed by atoms with Crippen molar-refractivity contribution >= 4 is 29.3 Å². The Bertz CT molecular complexity index is 1190. The highest BCUT2D eigenvalue weighted by atomic mass is 16.1. The summed E-state index contributed by atoms with van der Waals surface area (Å²) in [4.78, 5) is 28.3. The number of piperidine rings is 1. The van der Waals surface area contributed by atoms with Crippen molar-refractivity contribution in [3.8, 4) is 11.1 Å². The second-order valence-corrected chi connectivity index (χ2v) is 8.42. The summed E-state index contributed by atoms with van der Waals surface area (Å²) in [7, 11) is 0. The molecular weight excluding hydrogens is 418 g/mol.